The molecular formula is C23H22N4O5S. The maximum Gasteiger partial charge on any atom is 0.294 e. The molecule has 4 rings (SSSR count). The summed E-state index contributed by atoms with van der Waals surface area (Å²) in [5.74, 6) is 1.31. The lowest BCUT2D eigenvalue weighted by atomic mass is 10.1. The lowest BCUT2D eigenvalue weighted by molar-refractivity contribution is -0.117. The SMILES string of the molecule is COc1ccc(-c2nn(CC(=O)Nc3ccc(OC)cc3OC)c(=O)c3nc(C)sc23)cc1. The average molecular weight is 467 g/mol. The summed E-state index contributed by atoms with van der Waals surface area (Å²) < 4.78 is 17.5. The minimum Gasteiger partial charge on any atom is -0.497 e. The first-order valence-electron chi connectivity index (χ1n) is 9.98. The second-order valence-electron chi connectivity index (χ2n) is 7.06. The number of nitrogens with one attached hydrogen (secondary N) is 1. The van der Waals surface area contributed by atoms with Crippen LogP contribution in [-0.2, 0) is 11.3 Å². The van der Waals surface area contributed by atoms with Crippen molar-refractivity contribution in [3.8, 4) is 28.5 Å². The van der Waals surface area contributed by atoms with Crippen LogP contribution in [0.4, 0.5) is 5.69 Å². The molecule has 1 N–H and O–H groups in total. The van der Waals surface area contributed by atoms with E-state index >= 15 is 0 Å². The average Bonchev–Trinajstić information content (AvgIpc) is 3.23. The van der Waals surface area contributed by atoms with Gasteiger partial charge in [0.2, 0.25) is 5.91 Å². The number of carbonyl (C=O) groups excluding carboxylic acids is 1. The predicted octanol–water partition coefficient (Wildman–Crippen LogP) is 3.49. The van der Waals surface area contributed by atoms with Gasteiger partial charge in [-0.15, -0.1) is 11.3 Å². The zero-order valence-electron chi connectivity index (χ0n) is 18.5. The Labute approximate surface area is 193 Å². The van der Waals surface area contributed by atoms with E-state index in [9.17, 15) is 9.59 Å². The number of fused-ring (bicyclic) bond motifs is 1. The third-order valence-corrected chi connectivity index (χ3v) is 5.92. The molecule has 4 aromatic rings. The quantitative estimate of drug-likeness (QED) is 0.445. The molecule has 0 aliphatic heterocycles. The number of hydrogen-bond acceptors (Lipinski definition) is 8. The third kappa shape index (κ3) is 4.51. The third-order valence-electron chi connectivity index (χ3n) is 4.95. The van der Waals surface area contributed by atoms with E-state index in [-0.39, 0.29) is 12.1 Å². The molecule has 0 atom stereocenters. The Morgan fingerprint density at radius 3 is 2.39 bits per heavy atom. The van der Waals surface area contributed by atoms with Crippen molar-refractivity contribution in [2.75, 3.05) is 26.6 Å². The number of benzene rings is 2. The molecule has 170 valence electrons. The Hall–Kier alpha value is -3.92. The summed E-state index contributed by atoms with van der Waals surface area (Å²) in [7, 11) is 4.63. The predicted molar refractivity (Wildman–Crippen MR) is 127 cm³/mol. The van der Waals surface area contributed by atoms with Gasteiger partial charge in [-0.3, -0.25) is 9.59 Å². The molecule has 0 saturated carbocycles. The van der Waals surface area contributed by atoms with Gasteiger partial charge in [0.15, 0.2) is 5.52 Å². The number of methoxy groups -OCH3 is 3. The fourth-order valence-corrected chi connectivity index (χ4v) is 4.26. The van der Waals surface area contributed by atoms with Crippen molar-refractivity contribution in [2.24, 2.45) is 0 Å². The van der Waals surface area contributed by atoms with Crippen molar-refractivity contribution in [1.82, 2.24) is 14.8 Å². The molecule has 0 fully saturated rings. The first-order chi connectivity index (χ1) is 15.9. The number of rotatable bonds is 7. The summed E-state index contributed by atoms with van der Waals surface area (Å²) >= 11 is 1.39. The van der Waals surface area contributed by atoms with E-state index < -0.39 is 11.5 Å². The maximum atomic E-state index is 13.0. The smallest absolute Gasteiger partial charge is 0.294 e. The Bertz CT molecular complexity index is 1380. The topological polar surface area (TPSA) is 105 Å². The first-order valence-corrected chi connectivity index (χ1v) is 10.8. The second kappa shape index (κ2) is 9.29. The summed E-state index contributed by atoms with van der Waals surface area (Å²) in [4.78, 5) is 30.2. The first kappa shape index (κ1) is 22.3. The molecule has 0 bridgehead atoms. The van der Waals surface area contributed by atoms with E-state index in [0.29, 0.717) is 33.3 Å². The highest BCUT2D eigenvalue weighted by molar-refractivity contribution is 7.19. The highest BCUT2D eigenvalue weighted by Crippen LogP contribution is 2.31. The fourth-order valence-electron chi connectivity index (χ4n) is 3.34. The Kier molecular flexibility index (Phi) is 6.27. The van der Waals surface area contributed by atoms with Crippen LogP contribution in [0.2, 0.25) is 0 Å². The van der Waals surface area contributed by atoms with Crippen molar-refractivity contribution >= 4 is 33.1 Å². The van der Waals surface area contributed by atoms with Gasteiger partial charge in [-0.2, -0.15) is 5.10 Å². The monoisotopic (exact) mass is 466 g/mol. The molecule has 2 aromatic carbocycles. The van der Waals surface area contributed by atoms with E-state index in [1.54, 1.807) is 32.4 Å². The van der Waals surface area contributed by atoms with E-state index in [1.165, 1.54) is 18.4 Å². The van der Waals surface area contributed by atoms with Gasteiger partial charge >= 0.3 is 0 Å². The number of aryl methyl sites for hydroxylation is 1. The molecule has 0 saturated heterocycles. The minimum absolute atomic E-state index is 0.285. The van der Waals surface area contributed by atoms with E-state index in [1.807, 2.05) is 31.2 Å². The van der Waals surface area contributed by atoms with E-state index in [0.717, 1.165) is 15.3 Å². The van der Waals surface area contributed by atoms with Crippen LogP contribution in [0, 0.1) is 6.92 Å². The molecule has 33 heavy (non-hydrogen) atoms. The molecule has 0 spiro atoms. The number of carbonyl (C=O) groups is 1. The van der Waals surface area contributed by atoms with Crippen LogP contribution < -0.4 is 25.1 Å². The number of hydrogen-bond donors (Lipinski definition) is 1. The largest absolute Gasteiger partial charge is 0.497 e. The standard InChI is InChI=1S/C23H22N4O5S/c1-13-24-21-22(33-13)20(14-5-7-15(30-2)8-6-14)26-27(23(21)29)12-19(28)25-17-10-9-16(31-3)11-18(17)32-4/h5-11H,12H2,1-4H3,(H,25,28). The molecule has 0 aliphatic rings. The van der Waals surface area contributed by atoms with Gasteiger partial charge in [0.25, 0.3) is 5.56 Å². The molecule has 2 heterocycles. The normalized spacial score (nSPS) is 10.8. The molecule has 2 aromatic heterocycles. The zero-order valence-corrected chi connectivity index (χ0v) is 19.4. The van der Waals surface area contributed by atoms with Crippen molar-refractivity contribution in [2.45, 2.75) is 13.5 Å². The van der Waals surface area contributed by atoms with Gasteiger partial charge < -0.3 is 19.5 Å². The molecule has 1 amide bonds. The molecular weight excluding hydrogens is 444 g/mol. The maximum absolute atomic E-state index is 13.0. The minimum atomic E-state index is -0.431. The molecule has 0 aliphatic carbocycles. The van der Waals surface area contributed by atoms with Crippen molar-refractivity contribution < 1.29 is 19.0 Å². The van der Waals surface area contributed by atoms with Gasteiger partial charge in [0.1, 0.15) is 29.5 Å². The van der Waals surface area contributed by atoms with Crippen LogP contribution in [0.1, 0.15) is 5.01 Å². The number of nitrogens with zero attached hydrogens (tertiary/aromatic N) is 3. The number of thiazole rings is 1. The summed E-state index contributed by atoms with van der Waals surface area (Å²) in [5, 5.41) is 8.01. The summed E-state index contributed by atoms with van der Waals surface area (Å²) in [6, 6.07) is 12.4. The highest BCUT2D eigenvalue weighted by Gasteiger charge is 2.18. The van der Waals surface area contributed by atoms with Gasteiger partial charge in [0.05, 0.1) is 36.7 Å². The van der Waals surface area contributed by atoms with Gasteiger partial charge in [-0.25, -0.2) is 9.67 Å². The summed E-state index contributed by atoms with van der Waals surface area (Å²) in [5.41, 5.74) is 1.68. The molecule has 0 radical (unpaired) electrons. The lowest BCUT2D eigenvalue weighted by Gasteiger charge is -2.12. The molecule has 9 nitrogen and oxygen atoms in total. The van der Waals surface area contributed by atoms with E-state index in [2.05, 4.69) is 15.4 Å². The Balaban J connectivity index is 1.70. The van der Waals surface area contributed by atoms with Crippen LogP contribution in [-0.4, -0.2) is 42.0 Å². The molecule has 10 heteroatoms. The van der Waals surface area contributed by atoms with Crippen LogP contribution in [0.15, 0.2) is 47.3 Å². The zero-order chi connectivity index (χ0) is 23.5. The van der Waals surface area contributed by atoms with Crippen molar-refractivity contribution in [3.63, 3.8) is 0 Å². The lowest BCUT2D eigenvalue weighted by Crippen LogP contribution is -2.30. The summed E-state index contributed by atoms with van der Waals surface area (Å²) in [6.45, 7) is 1.54. The molecule has 0 unspecified atom stereocenters. The summed E-state index contributed by atoms with van der Waals surface area (Å²) in [6.07, 6.45) is 0. The van der Waals surface area contributed by atoms with Gasteiger partial charge in [-0.1, -0.05) is 0 Å². The van der Waals surface area contributed by atoms with Gasteiger partial charge in [0, 0.05) is 11.6 Å². The second-order valence-corrected chi connectivity index (χ2v) is 8.27. The Morgan fingerprint density at radius 1 is 1.03 bits per heavy atom. The number of ether oxygens (including phenoxy) is 3. The van der Waals surface area contributed by atoms with Gasteiger partial charge in [-0.05, 0) is 43.3 Å². The highest BCUT2D eigenvalue weighted by atomic mass is 32.1. The number of amides is 1. The van der Waals surface area contributed by atoms with Crippen LogP contribution in [0.5, 0.6) is 17.2 Å². The number of aromatic nitrogens is 3. The number of anilines is 1. The van der Waals surface area contributed by atoms with Crippen LogP contribution in [0.25, 0.3) is 21.5 Å². The van der Waals surface area contributed by atoms with Crippen molar-refractivity contribution in [3.05, 3.63) is 57.8 Å². The van der Waals surface area contributed by atoms with Crippen LogP contribution in [0.3, 0.4) is 0 Å². The Morgan fingerprint density at radius 2 is 1.73 bits per heavy atom. The fraction of sp³-hybridized carbons (Fsp3) is 0.217. The van der Waals surface area contributed by atoms with Crippen LogP contribution >= 0.6 is 11.3 Å². The van der Waals surface area contributed by atoms with E-state index in [4.69, 9.17) is 14.2 Å². The van der Waals surface area contributed by atoms with Crippen molar-refractivity contribution in [1.29, 1.82) is 0 Å².